The van der Waals surface area contributed by atoms with Crippen molar-refractivity contribution in [1.82, 2.24) is 9.55 Å². The number of ketones is 1. The summed E-state index contributed by atoms with van der Waals surface area (Å²) in [4.78, 5) is 37.3. The summed E-state index contributed by atoms with van der Waals surface area (Å²) in [5.41, 5.74) is 1.43. The van der Waals surface area contributed by atoms with E-state index in [0.29, 0.717) is 11.3 Å². The zero-order valence-electron chi connectivity index (χ0n) is 11.9. The molecule has 0 aliphatic carbocycles. The molecule has 0 saturated heterocycles. The van der Waals surface area contributed by atoms with Crippen molar-refractivity contribution in [1.29, 1.82) is 0 Å². The molecule has 1 amide bonds. The maximum Gasteiger partial charge on any atom is 0.354 e. The molecule has 110 valence electrons. The number of aromatic carboxylic acids is 1. The molecule has 21 heavy (non-hydrogen) atoms. The molecule has 2 aromatic heterocycles. The Bertz CT molecular complexity index is 739. The second kappa shape index (κ2) is 5.28. The number of anilines is 1. The number of carbonyl (C=O) groups excluding carboxylic acids is 2. The zero-order chi connectivity index (χ0) is 15.7. The molecule has 0 fully saturated rings. The first-order chi connectivity index (χ1) is 9.79. The molecule has 0 aliphatic rings. The van der Waals surface area contributed by atoms with Gasteiger partial charge < -0.3 is 20.0 Å². The minimum absolute atomic E-state index is 0.0816. The van der Waals surface area contributed by atoms with Crippen molar-refractivity contribution in [2.45, 2.75) is 13.8 Å². The highest BCUT2D eigenvalue weighted by Gasteiger charge is 2.18. The highest BCUT2D eigenvalue weighted by molar-refractivity contribution is 6.08. The minimum atomic E-state index is -1.16. The molecule has 0 radical (unpaired) electrons. The zero-order valence-corrected chi connectivity index (χ0v) is 11.9. The van der Waals surface area contributed by atoms with Gasteiger partial charge in [-0.2, -0.15) is 0 Å². The first-order valence-electron chi connectivity index (χ1n) is 6.21. The molecule has 0 saturated carbocycles. The highest BCUT2D eigenvalue weighted by atomic mass is 16.4. The Hall–Kier alpha value is -2.83. The number of amides is 1. The third-order valence-electron chi connectivity index (χ3n) is 3.06. The molecule has 7 nitrogen and oxygen atoms in total. The van der Waals surface area contributed by atoms with Gasteiger partial charge >= 0.3 is 5.97 Å². The molecule has 0 bridgehead atoms. The lowest BCUT2D eigenvalue weighted by Crippen LogP contribution is -2.16. The molecule has 3 N–H and O–H groups in total. The number of aromatic nitrogens is 2. The van der Waals surface area contributed by atoms with E-state index >= 15 is 0 Å². The molecule has 0 atom stereocenters. The number of hydrogen-bond donors (Lipinski definition) is 3. The minimum Gasteiger partial charge on any atom is -0.477 e. The Labute approximate surface area is 120 Å². The molecule has 2 rings (SSSR count). The predicted molar refractivity (Wildman–Crippen MR) is 75.9 cm³/mol. The van der Waals surface area contributed by atoms with E-state index in [9.17, 15) is 14.4 Å². The van der Waals surface area contributed by atoms with Gasteiger partial charge in [0.2, 0.25) is 0 Å². The van der Waals surface area contributed by atoms with Gasteiger partial charge in [-0.3, -0.25) is 9.59 Å². The number of hydrogen-bond acceptors (Lipinski definition) is 3. The lowest BCUT2D eigenvalue weighted by Gasteiger charge is -2.05. The lowest BCUT2D eigenvalue weighted by atomic mass is 10.2. The average molecular weight is 289 g/mol. The van der Waals surface area contributed by atoms with Crippen molar-refractivity contribution in [3.8, 4) is 0 Å². The summed E-state index contributed by atoms with van der Waals surface area (Å²) in [6, 6.07) is 3.01. The third-order valence-corrected chi connectivity index (χ3v) is 3.06. The number of rotatable bonds is 4. The van der Waals surface area contributed by atoms with Gasteiger partial charge in [-0.05, 0) is 26.0 Å². The summed E-state index contributed by atoms with van der Waals surface area (Å²) in [5, 5.41) is 11.6. The molecular formula is C14H15N3O4. The highest BCUT2D eigenvalue weighted by Crippen LogP contribution is 2.18. The predicted octanol–water partition coefficient (Wildman–Crippen LogP) is 1.81. The fourth-order valence-corrected chi connectivity index (χ4v) is 2.03. The summed E-state index contributed by atoms with van der Waals surface area (Å²) in [7, 11) is 1.64. The Morgan fingerprint density at radius 2 is 1.95 bits per heavy atom. The van der Waals surface area contributed by atoms with Crippen LogP contribution in [0.2, 0.25) is 0 Å². The number of aryl methyl sites for hydroxylation is 2. The fourth-order valence-electron chi connectivity index (χ4n) is 2.03. The first kappa shape index (κ1) is 14.6. The van der Waals surface area contributed by atoms with Crippen molar-refractivity contribution in [3.63, 3.8) is 0 Å². The van der Waals surface area contributed by atoms with E-state index < -0.39 is 11.9 Å². The number of carbonyl (C=O) groups is 3. The fraction of sp³-hybridized carbons (Fsp3) is 0.214. The molecule has 2 aromatic rings. The molecule has 0 aromatic carbocycles. The van der Waals surface area contributed by atoms with Gasteiger partial charge in [0.15, 0.2) is 5.78 Å². The summed E-state index contributed by atoms with van der Waals surface area (Å²) in [6.45, 7) is 3.10. The maximum atomic E-state index is 12.2. The Kier molecular flexibility index (Phi) is 3.66. The topological polar surface area (TPSA) is 104 Å². The van der Waals surface area contributed by atoms with E-state index in [0.717, 1.165) is 0 Å². The molecular weight excluding hydrogens is 274 g/mol. The average Bonchev–Trinajstić information content (AvgIpc) is 2.92. The van der Waals surface area contributed by atoms with Crippen molar-refractivity contribution >= 4 is 23.3 Å². The molecule has 7 heteroatoms. The van der Waals surface area contributed by atoms with Crippen LogP contribution >= 0.6 is 0 Å². The molecule has 0 unspecified atom stereocenters. The van der Waals surface area contributed by atoms with Crippen molar-refractivity contribution in [2.24, 2.45) is 7.05 Å². The Balaban J connectivity index is 2.30. The summed E-state index contributed by atoms with van der Waals surface area (Å²) < 4.78 is 1.52. The van der Waals surface area contributed by atoms with Crippen LogP contribution in [0.15, 0.2) is 18.3 Å². The maximum absolute atomic E-state index is 12.2. The van der Waals surface area contributed by atoms with E-state index in [-0.39, 0.29) is 22.9 Å². The van der Waals surface area contributed by atoms with Crippen molar-refractivity contribution < 1.29 is 19.5 Å². The number of nitrogens with one attached hydrogen (secondary N) is 2. The van der Waals surface area contributed by atoms with E-state index in [1.54, 1.807) is 20.2 Å². The quantitative estimate of drug-likeness (QED) is 0.746. The van der Waals surface area contributed by atoms with Gasteiger partial charge in [-0.25, -0.2) is 4.79 Å². The number of carboxylic acid groups (broad SMARTS) is 1. The van der Waals surface area contributed by atoms with Crippen LogP contribution in [0, 0.1) is 6.92 Å². The van der Waals surface area contributed by atoms with Gasteiger partial charge in [0, 0.05) is 24.5 Å². The van der Waals surface area contributed by atoms with Crippen LogP contribution in [0.3, 0.4) is 0 Å². The number of Topliss-reactive ketones (excluding diaryl/α,β-unsaturated/α-hetero) is 1. The standard InChI is InChI=1S/C14H15N3O4/c1-7-4-10(12(15-7)14(20)21)16-13(19)11-5-9(8(2)18)6-17(11)3/h4-6,15H,1-3H3,(H,16,19)(H,20,21). The number of carboxylic acids is 1. The van der Waals surface area contributed by atoms with Crippen LogP contribution < -0.4 is 5.32 Å². The molecule has 0 spiro atoms. The Morgan fingerprint density at radius 1 is 1.29 bits per heavy atom. The van der Waals surface area contributed by atoms with E-state index in [1.165, 1.54) is 23.6 Å². The van der Waals surface area contributed by atoms with E-state index in [1.807, 2.05) is 0 Å². The van der Waals surface area contributed by atoms with Gasteiger partial charge in [-0.15, -0.1) is 0 Å². The lowest BCUT2D eigenvalue weighted by molar-refractivity contribution is 0.0692. The largest absolute Gasteiger partial charge is 0.477 e. The summed E-state index contributed by atoms with van der Waals surface area (Å²) in [6.07, 6.45) is 1.55. The normalized spacial score (nSPS) is 10.4. The third kappa shape index (κ3) is 2.86. The van der Waals surface area contributed by atoms with Gasteiger partial charge in [0.1, 0.15) is 11.4 Å². The Morgan fingerprint density at radius 3 is 2.48 bits per heavy atom. The summed E-state index contributed by atoms with van der Waals surface area (Å²) >= 11 is 0. The van der Waals surface area contributed by atoms with Crippen LogP contribution in [0.5, 0.6) is 0 Å². The van der Waals surface area contributed by atoms with Crippen molar-refractivity contribution in [3.05, 3.63) is 41.0 Å². The van der Waals surface area contributed by atoms with E-state index in [2.05, 4.69) is 10.3 Å². The summed E-state index contributed by atoms with van der Waals surface area (Å²) in [5.74, 6) is -1.78. The van der Waals surface area contributed by atoms with Gasteiger partial charge in [0.05, 0.1) is 5.69 Å². The van der Waals surface area contributed by atoms with Gasteiger partial charge in [-0.1, -0.05) is 0 Å². The smallest absolute Gasteiger partial charge is 0.354 e. The van der Waals surface area contributed by atoms with Gasteiger partial charge in [0.25, 0.3) is 5.91 Å². The SMILES string of the molecule is CC(=O)c1cc(C(=O)Nc2cc(C)[nH]c2C(=O)O)n(C)c1. The second-order valence-electron chi connectivity index (χ2n) is 4.78. The van der Waals surface area contributed by atoms with Crippen LogP contribution in [0.25, 0.3) is 0 Å². The number of aromatic amines is 1. The van der Waals surface area contributed by atoms with Crippen LogP contribution in [-0.4, -0.2) is 32.3 Å². The van der Waals surface area contributed by atoms with E-state index in [4.69, 9.17) is 5.11 Å². The van der Waals surface area contributed by atoms with Crippen LogP contribution in [0.4, 0.5) is 5.69 Å². The molecule has 2 heterocycles. The number of nitrogens with zero attached hydrogens (tertiary/aromatic N) is 1. The monoisotopic (exact) mass is 289 g/mol. The van der Waals surface area contributed by atoms with Crippen LogP contribution in [0.1, 0.15) is 44.0 Å². The van der Waals surface area contributed by atoms with Crippen molar-refractivity contribution in [2.75, 3.05) is 5.32 Å². The van der Waals surface area contributed by atoms with Crippen LogP contribution in [-0.2, 0) is 7.05 Å². The second-order valence-corrected chi connectivity index (χ2v) is 4.78. The first-order valence-corrected chi connectivity index (χ1v) is 6.21. The number of H-pyrrole nitrogens is 1. The molecule has 0 aliphatic heterocycles.